The van der Waals surface area contributed by atoms with E-state index in [0.717, 1.165) is 23.7 Å². The lowest BCUT2D eigenvalue weighted by Gasteiger charge is -2.13. The first kappa shape index (κ1) is 33.4. The summed E-state index contributed by atoms with van der Waals surface area (Å²) in [4.78, 5) is 0. The number of allylic oxidation sites excluding steroid dienone is 16. The highest BCUT2D eigenvalue weighted by Gasteiger charge is 2.08. The average molecular weight is 622 g/mol. The normalized spacial score (nSPS) is 19.4. The fourth-order valence-electron chi connectivity index (χ4n) is 5.59. The zero-order valence-electron chi connectivity index (χ0n) is 27.7. The standard InChI is InChI=1S/C47H43N/c1-3-4-23-44(41-28-14-6-12-26-40(27-13-7-15-29-41)39-24-10-5-11-25-39)37-46(42-30-16-8-17-31-42)47-38(2)22-20-32-43(47)33-21-36-48-45-34-18-9-19-35-45/h3,5-22,24-37,48H,1,4,23H2,2H3/b12-6+,13-7?,14-6?,15-7+,26-12?,27-13-,28-14-,29-15?,36-21+,40-26+,40-27?,41-28?,41-29+,43-33-,44-37+,47-46-. The number of para-hydroxylation sites is 1. The van der Waals surface area contributed by atoms with Crippen LogP contribution in [0.5, 0.6) is 0 Å². The Hall–Kier alpha value is -5.92. The summed E-state index contributed by atoms with van der Waals surface area (Å²) in [6, 6.07) is 37.9. The second-order valence-corrected chi connectivity index (χ2v) is 11.4. The fraction of sp³-hybridized carbons (Fsp3) is 0.0638. The Morgan fingerprint density at radius 1 is 0.688 bits per heavy atom. The van der Waals surface area contributed by atoms with Crippen molar-refractivity contribution in [1.29, 1.82) is 0 Å². The highest BCUT2D eigenvalue weighted by Crippen LogP contribution is 2.24. The molecule has 1 N–H and O–H groups in total. The van der Waals surface area contributed by atoms with Crippen molar-refractivity contribution in [3.05, 3.63) is 239 Å². The van der Waals surface area contributed by atoms with E-state index in [0.29, 0.717) is 0 Å². The fourth-order valence-corrected chi connectivity index (χ4v) is 5.59. The van der Waals surface area contributed by atoms with E-state index in [1.165, 1.54) is 44.2 Å². The predicted molar refractivity (Wildman–Crippen MR) is 210 cm³/mol. The second-order valence-electron chi connectivity index (χ2n) is 11.4. The van der Waals surface area contributed by atoms with Crippen LogP contribution < -0.4 is 15.8 Å². The minimum absolute atomic E-state index is 0.868. The minimum Gasteiger partial charge on any atom is -0.362 e. The average Bonchev–Trinajstić information content (AvgIpc) is 3.12. The van der Waals surface area contributed by atoms with Crippen molar-refractivity contribution in [1.82, 2.24) is 0 Å². The molecule has 236 valence electrons. The molecule has 1 aliphatic carbocycles. The van der Waals surface area contributed by atoms with Crippen LogP contribution in [0.3, 0.4) is 0 Å². The molecule has 4 aromatic carbocycles. The van der Waals surface area contributed by atoms with E-state index in [1.807, 2.05) is 36.5 Å². The van der Waals surface area contributed by atoms with Gasteiger partial charge in [0.2, 0.25) is 0 Å². The van der Waals surface area contributed by atoms with Gasteiger partial charge in [-0.15, -0.1) is 6.58 Å². The van der Waals surface area contributed by atoms with Crippen molar-refractivity contribution >= 4 is 22.9 Å². The van der Waals surface area contributed by atoms with Crippen LogP contribution in [-0.4, -0.2) is 0 Å². The van der Waals surface area contributed by atoms with Gasteiger partial charge in [0.1, 0.15) is 0 Å². The SMILES string of the molecule is C=CCCC(=C\C(c1ccccc1)=c1/c(C)ccc/c1=C/C=C/Nc1ccccc1)/C1=C/C=C/C=C\C(c2ccccc2)=C/C=C/C=C\1. The zero-order valence-corrected chi connectivity index (χ0v) is 27.7. The molecule has 0 saturated carbocycles. The lowest BCUT2D eigenvalue weighted by molar-refractivity contribution is 0.997. The first-order chi connectivity index (χ1) is 23.7. The molecule has 0 heterocycles. The van der Waals surface area contributed by atoms with Gasteiger partial charge < -0.3 is 5.32 Å². The molecule has 4 aromatic rings. The minimum atomic E-state index is 0.868. The van der Waals surface area contributed by atoms with Crippen molar-refractivity contribution in [3.8, 4) is 0 Å². The molecule has 0 aliphatic heterocycles. The Bertz CT molecular complexity index is 2030. The van der Waals surface area contributed by atoms with Gasteiger partial charge in [-0.2, -0.15) is 0 Å². The maximum absolute atomic E-state index is 4.05. The van der Waals surface area contributed by atoms with E-state index in [2.05, 4.69) is 183 Å². The summed E-state index contributed by atoms with van der Waals surface area (Å²) in [6.45, 7) is 6.25. The highest BCUT2D eigenvalue weighted by atomic mass is 14.8. The van der Waals surface area contributed by atoms with Crippen LogP contribution in [0.2, 0.25) is 0 Å². The third kappa shape index (κ3) is 9.79. The molecule has 0 unspecified atom stereocenters. The molecule has 1 aliphatic rings. The van der Waals surface area contributed by atoms with Gasteiger partial charge in [-0.25, -0.2) is 0 Å². The molecule has 0 fully saturated rings. The van der Waals surface area contributed by atoms with Crippen LogP contribution in [0.15, 0.2) is 212 Å². The number of hydrogen-bond donors (Lipinski definition) is 1. The van der Waals surface area contributed by atoms with E-state index < -0.39 is 0 Å². The zero-order chi connectivity index (χ0) is 33.2. The Labute approximate surface area is 286 Å². The molecule has 0 aromatic heterocycles. The molecule has 1 heteroatoms. The van der Waals surface area contributed by atoms with Crippen molar-refractivity contribution in [2.75, 3.05) is 5.32 Å². The Morgan fingerprint density at radius 2 is 1.38 bits per heavy atom. The first-order valence-electron chi connectivity index (χ1n) is 16.5. The number of nitrogens with one attached hydrogen (secondary N) is 1. The lowest BCUT2D eigenvalue weighted by atomic mass is 9.92. The molecule has 0 atom stereocenters. The number of aryl methyl sites for hydroxylation is 1. The Morgan fingerprint density at radius 3 is 2.12 bits per heavy atom. The summed E-state index contributed by atoms with van der Waals surface area (Å²) in [7, 11) is 0. The first-order valence-corrected chi connectivity index (χ1v) is 16.5. The van der Waals surface area contributed by atoms with Gasteiger partial charge in [0.25, 0.3) is 0 Å². The van der Waals surface area contributed by atoms with Gasteiger partial charge in [-0.3, -0.25) is 0 Å². The molecule has 0 saturated heterocycles. The van der Waals surface area contributed by atoms with Crippen molar-refractivity contribution in [3.63, 3.8) is 0 Å². The van der Waals surface area contributed by atoms with Crippen LogP contribution >= 0.6 is 0 Å². The largest absolute Gasteiger partial charge is 0.362 e. The molecule has 0 radical (unpaired) electrons. The molecule has 0 amide bonds. The highest BCUT2D eigenvalue weighted by molar-refractivity contribution is 5.77. The number of benzene rings is 4. The summed E-state index contributed by atoms with van der Waals surface area (Å²) < 4.78 is 0. The van der Waals surface area contributed by atoms with Gasteiger partial charge >= 0.3 is 0 Å². The number of rotatable bonds is 10. The van der Waals surface area contributed by atoms with E-state index >= 15 is 0 Å². The summed E-state index contributed by atoms with van der Waals surface area (Å²) in [6.07, 6.45) is 33.8. The van der Waals surface area contributed by atoms with Gasteiger partial charge in [0.15, 0.2) is 0 Å². The topological polar surface area (TPSA) is 12.0 Å². The third-order valence-corrected chi connectivity index (χ3v) is 8.02. The van der Waals surface area contributed by atoms with E-state index in [1.54, 1.807) is 0 Å². The van der Waals surface area contributed by atoms with Crippen LogP contribution in [-0.2, 0) is 0 Å². The van der Waals surface area contributed by atoms with Crippen LogP contribution in [0.25, 0.3) is 17.2 Å². The van der Waals surface area contributed by atoms with Crippen molar-refractivity contribution in [2.45, 2.75) is 19.8 Å². The van der Waals surface area contributed by atoms with Crippen molar-refractivity contribution in [2.24, 2.45) is 0 Å². The van der Waals surface area contributed by atoms with Gasteiger partial charge in [0.05, 0.1) is 0 Å². The van der Waals surface area contributed by atoms with Crippen LogP contribution in [0.1, 0.15) is 29.5 Å². The Balaban J connectivity index is 1.62. The molecule has 5 rings (SSSR count). The second kappa shape index (κ2) is 18.3. The molecule has 0 spiro atoms. The summed E-state index contributed by atoms with van der Waals surface area (Å²) in [5, 5.41) is 5.76. The maximum Gasteiger partial charge on any atom is 0.0379 e. The monoisotopic (exact) mass is 621 g/mol. The van der Waals surface area contributed by atoms with Crippen LogP contribution in [0.4, 0.5) is 5.69 Å². The van der Waals surface area contributed by atoms with E-state index in [4.69, 9.17) is 0 Å². The van der Waals surface area contributed by atoms with Gasteiger partial charge in [-0.05, 0) is 93.5 Å². The summed E-state index contributed by atoms with van der Waals surface area (Å²) >= 11 is 0. The quantitative estimate of drug-likeness (QED) is 0.174. The van der Waals surface area contributed by atoms with Gasteiger partial charge in [-0.1, -0.05) is 170 Å². The van der Waals surface area contributed by atoms with E-state index in [-0.39, 0.29) is 0 Å². The summed E-state index contributed by atoms with van der Waals surface area (Å²) in [5.41, 5.74) is 9.43. The molecular weight excluding hydrogens is 579 g/mol. The van der Waals surface area contributed by atoms with E-state index in [9.17, 15) is 0 Å². The number of anilines is 1. The lowest BCUT2D eigenvalue weighted by Crippen LogP contribution is -2.29. The molecule has 1 nitrogen and oxygen atoms in total. The predicted octanol–water partition coefficient (Wildman–Crippen LogP) is 10.7. The third-order valence-electron chi connectivity index (χ3n) is 8.02. The number of hydrogen-bond acceptors (Lipinski definition) is 1. The molecule has 0 bridgehead atoms. The van der Waals surface area contributed by atoms with Crippen LogP contribution in [0, 0.1) is 6.92 Å². The molecule has 48 heavy (non-hydrogen) atoms. The Kier molecular flexibility index (Phi) is 12.7. The van der Waals surface area contributed by atoms with Gasteiger partial charge in [0, 0.05) is 11.9 Å². The smallest absolute Gasteiger partial charge is 0.0379 e. The van der Waals surface area contributed by atoms with Crippen molar-refractivity contribution < 1.29 is 0 Å². The maximum atomic E-state index is 4.05. The summed E-state index contributed by atoms with van der Waals surface area (Å²) in [5.74, 6) is 0. The molecular formula is C47H43N.